The highest BCUT2D eigenvalue weighted by Gasteiger charge is 2.17. The number of aryl methyl sites for hydroxylation is 1. The van der Waals surface area contributed by atoms with Crippen LogP contribution in [0.25, 0.3) is 0 Å². The molecule has 0 saturated carbocycles. The van der Waals surface area contributed by atoms with Gasteiger partial charge in [-0.1, -0.05) is 49.7 Å². The van der Waals surface area contributed by atoms with Gasteiger partial charge in [0.25, 0.3) is 5.91 Å². The van der Waals surface area contributed by atoms with E-state index in [1.165, 1.54) is 11.1 Å². The second-order valence-electron chi connectivity index (χ2n) is 5.98. The highest BCUT2D eigenvalue weighted by molar-refractivity contribution is 7.98. The van der Waals surface area contributed by atoms with Crippen LogP contribution in [0, 0.1) is 0 Å². The van der Waals surface area contributed by atoms with Crippen molar-refractivity contribution in [2.24, 2.45) is 0 Å². The molecule has 0 saturated heterocycles. The third-order valence-electron chi connectivity index (χ3n) is 4.00. The predicted molar refractivity (Wildman–Crippen MR) is 111 cm³/mol. The Hall–Kier alpha value is -1.65. The van der Waals surface area contributed by atoms with Crippen LogP contribution in [0.2, 0.25) is 5.02 Å². The number of thioether (sulfide) groups is 1. The van der Waals surface area contributed by atoms with Gasteiger partial charge in [-0.25, -0.2) is 0 Å². The molecule has 1 N–H and O–H groups in total. The molecule has 3 nitrogen and oxygen atoms in total. The summed E-state index contributed by atoms with van der Waals surface area (Å²) in [5.74, 6) is 2.45. The lowest BCUT2D eigenvalue weighted by Crippen LogP contribution is -2.39. The van der Waals surface area contributed by atoms with E-state index in [1.54, 1.807) is 11.8 Å². The molecule has 2 rings (SSSR count). The van der Waals surface area contributed by atoms with Crippen molar-refractivity contribution in [1.82, 2.24) is 5.32 Å². The van der Waals surface area contributed by atoms with Crippen LogP contribution in [-0.2, 0) is 17.0 Å². The molecule has 140 valence electrons. The lowest BCUT2D eigenvalue weighted by molar-refractivity contribution is -0.127. The molecule has 0 radical (unpaired) electrons. The van der Waals surface area contributed by atoms with E-state index in [0.717, 1.165) is 28.7 Å². The van der Waals surface area contributed by atoms with Crippen molar-refractivity contribution in [3.05, 3.63) is 64.7 Å². The number of nitrogens with one attached hydrogen (secondary N) is 1. The normalized spacial score (nSPS) is 11.8. The fourth-order valence-corrected chi connectivity index (χ4v) is 3.37. The van der Waals surface area contributed by atoms with E-state index in [2.05, 4.69) is 12.2 Å². The number of halogens is 1. The minimum atomic E-state index is -0.455. The third-order valence-corrected chi connectivity index (χ3v) is 5.28. The van der Waals surface area contributed by atoms with E-state index < -0.39 is 6.10 Å². The van der Waals surface area contributed by atoms with Crippen LogP contribution in [0.3, 0.4) is 0 Å². The maximum absolute atomic E-state index is 12.3. The molecule has 0 aliphatic heterocycles. The number of benzene rings is 2. The highest BCUT2D eigenvalue weighted by Crippen LogP contribution is 2.16. The van der Waals surface area contributed by atoms with Crippen molar-refractivity contribution in [2.45, 2.75) is 38.5 Å². The van der Waals surface area contributed by atoms with Gasteiger partial charge in [-0.15, -0.1) is 0 Å². The van der Waals surface area contributed by atoms with Crippen molar-refractivity contribution in [3.8, 4) is 5.75 Å². The molecule has 0 heterocycles. The molecule has 0 fully saturated rings. The van der Waals surface area contributed by atoms with Gasteiger partial charge in [0, 0.05) is 23.1 Å². The summed E-state index contributed by atoms with van der Waals surface area (Å²) in [4.78, 5) is 12.3. The maximum Gasteiger partial charge on any atom is 0.261 e. The fraction of sp³-hybridized carbons (Fsp3) is 0.381. The molecular weight excluding hydrogens is 366 g/mol. The van der Waals surface area contributed by atoms with Crippen molar-refractivity contribution in [1.29, 1.82) is 0 Å². The standard InChI is InChI=1S/C21H26ClNO2S/c1-3-16-7-11-19(12-8-16)25-20(4-2)21(24)23-13-14-26-15-17-5-9-18(22)10-6-17/h5-12,20H,3-4,13-15H2,1-2H3,(H,23,24)/t20-/m1/s1. The third kappa shape index (κ3) is 6.93. The minimum Gasteiger partial charge on any atom is -0.481 e. The Bertz CT molecular complexity index is 673. The molecule has 1 amide bonds. The Kier molecular flexibility index (Phi) is 8.86. The van der Waals surface area contributed by atoms with Gasteiger partial charge >= 0.3 is 0 Å². The molecule has 5 heteroatoms. The number of carbonyl (C=O) groups excluding carboxylic acids is 1. The molecule has 0 aliphatic carbocycles. The lowest BCUT2D eigenvalue weighted by Gasteiger charge is -2.17. The van der Waals surface area contributed by atoms with Crippen molar-refractivity contribution in [3.63, 3.8) is 0 Å². The minimum absolute atomic E-state index is 0.0563. The Morgan fingerprint density at radius 2 is 1.73 bits per heavy atom. The molecule has 1 atom stereocenters. The lowest BCUT2D eigenvalue weighted by atomic mass is 10.2. The Morgan fingerprint density at radius 1 is 1.08 bits per heavy atom. The topological polar surface area (TPSA) is 38.3 Å². The Labute approximate surface area is 165 Å². The SMILES string of the molecule is CCc1ccc(O[C@H](CC)C(=O)NCCSCc2ccc(Cl)cc2)cc1. The first-order valence-electron chi connectivity index (χ1n) is 8.97. The van der Waals surface area contributed by atoms with Gasteiger partial charge < -0.3 is 10.1 Å². The average molecular weight is 392 g/mol. The van der Waals surface area contributed by atoms with E-state index in [4.69, 9.17) is 16.3 Å². The summed E-state index contributed by atoms with van der Waals surface area (Å²) in [5, 5.41) is 3.72. The highest BCUT2D eigenvalue weighted by atomic mass is 35.5. The molecule has 0 spiro atoms. The van der Waals surface area contributed by atoms with E-state index in [1.807, 2.05) is 55.5 Å². The maximum atomic E-state index is 12.3. The molecule has 0 bridgehead atoms. The summed E-state index contributed by atoms with van der Waals surface area (Å²) in [6.07, 6.45) is 1.18. The molecular formula is C21H26ClNO2S. The summed E-state index contributed by atoms with van der Waals surface area (Å²) in [6.45, 7) is 4.70. The zero-order chi connectivity index (χ0) is 18.8. The van der Waals surface area contributed by atoms with Crippen molar-refractivity contribution in [2.75, 3.05) is 12.3 Å². The molecule has 2 aromatic rings. The van der Waals surface area contributed by atoms with Crippen LogP contribution in [0.1, 0.15) is 31.4 Å². The number of rotatable bonds is 10. The summed E-state index contributed by atoms with van der Waals surface area (Å²) in [5.41, 5.74) is 2.49. The molecule has 0 aromatic heterocycles. The largest absolute Gasteiger partial charge is 0.481 e. The summed E-state index contributed by atoms with van der Waals surface area (Å²) in [7, 11) is 0. The van der Waals surface area contributed by atoms with Crippen LogP contribution < -0.4 is 10.1 Å². The van der Waals surface area contributed by atoms with E-state index in [0.29, 0.717) is 13.0 Å². The number of hydrogen-bond donors (Lipinski definition) is 1. The second kappa shape index (κ2) is 11.1. The van der Waals surface area contributed by atoms with E-state index in [9.17, 15) is 4.79 Å². The molecule has 0 aliphatic rings. The van der Waals surface area contributed by atoms with Crippen molar-refractivity contribution < 1.29 is 9.53 Å². The van der Waals surface area contributed by atoms with Gasteiger partial charge in [0.05, 0.1) is 0 Å². The Balaban J connectivity index is 1.69. The van der Waals surface area contributed by atoms with E-state index >= 15 is 0 Å². The van der Waals surface area contributed by atoms with Crippen LogP contribution in [-0.4, -0.2) is 24.3 Å². The molecule has 2 aromatic carbocycles. The van der Waals surface area contributed by atoms with Crippen LogP contribution in [0.15, 0.2) is 48.5 Å². The second-order valence-corrected chi connectivity index (χ2v) is 7.52. The number of ether oxygens (including phenoxy) is 1. The quantitative estimate of drug-likeness (QED) is 0.572. The summed E-state index contributed by atoms with van der Waals surface area (Å²) >= 11 is 7.66. The smallest absolute Gasteiger partial charge is 0.261 e. The summed E-state index contributed by atoms with van der Waals surface area (Å²) in [6, 6.07) is 15.8. The van der Waals surface area contributed by atoms with E-state index in [-0.39, 0.29) is 5.91 Å². The van der Waals surface area contributed by atoms with Gasteiger partial charge in [-0.2, -0.15) is 11.8 Å². The number of amides is 1. The summed E-state index contributed by atoms with van der Waals surface area (Å²) < 4.78 is 5.83. The zero-order valence-electron chi connectivity index (χ0n) is 15.3. The van der Waals surface area contributed by atoms with Crippen LogP contribution in [0.4, 0.5) is 0 Å². The Morgan fingerprint density at radius 3 is 2.35 bits per heavy atom. The molecule has 0 unspecified atom stereocenters. The van der Waals surface area contributed by atoms with Crippen molar-refractivity contribution >= 4 is 29.3 Å². The monoisotopic (exact) mass is 391 g/mol. The van der Waals surface area contributed by atoms with Gasteiger partial charge in [0.2, 0.25) is 0 Å². The first-order valence-corrected chi connectivity index (χ1v) is 10.5. The van der Waals surface area contributed by atoms with Gasteiger partial charge in [0.15, 0.2) is 6.10 Å². The number of hydrogen-bond acceptors (Lipinski definition) is 3. The van der Waals surface area contributed by atoms with Gasteiger partial charge in [-0.05, 0) is 48.2 Å². The predicted octanol–water partition coefficient (Wildman–Crippen LogP) is 5.11. The first-order chi connectivity index (χ1) is 12.6. The van der Waals surface area contributed by atoms with Crippen LogP contribution >= 0.6 is 23.4 Å². The zero-order valence-corrected chi connectivity index (χ0v) is 16.9. The number of carbonyl (C=O) groups is 1. The molecule has 26 heavy (non-hydrogen) atoms. The first kappa shape index (κ1) is 20.7. The van der Waals surface area contributed by atoms with Gasteiger partial charge in [0.1, 0.15) is 5.75 Å². The van der Waals surface area contributed by atoms with Crippen LogP contribution in [0.5, 0.6) is 5.75 Å². The average Bonchev–Trinajstić information content (AvgIpc) is 2.67. The fourth-order valence-electron chi connectivity index (χ4n) is 2.42. The van der Waals surface area contributed by atoms with Gasteiger partial charge in [-0.3, -0.25) is 4.79 Å².